The molecule has 0 saturated heterocycles. The Morgan fingerprint density at radius 2 is 1.64 bits per heavy atom. The number of carbonyl (C=O) groups is 3. The van der Waals surface area contributed by atoms with Gasteiger partial charge >= 0.3 is 0 Å². The molecule has 4 aromatic carbocycles. The average molecular weight is 704 g/mol. The first-order valence-corrected chi connectivity index (χ1v) is 16.3. The fraction of sp³-hybridized carbons (Fsp3) is 0.0303. The highest BCUT2D eigenvalue weighted by molar-refractivity contribution is 9.10. The average Bonchev–Trinajstić information content (AvgIpc) is 3.49. The summed E-state index contributed by atoms with van der Waals surface area (Å²) in [6.07, 6.45) is 1.62. The van der Waals surface area contributed by atoms with Crippen LogP contribution in [-0.2, 0) is 9.59 Å². The molecule has 0 atom stereocenters. The van der Waals surface area contributed by atoms with Crippen LogP contribution in [0.2, 0.25) is 5.02 Å². The zero-order valence-corrected chi connectivity index (χ0v) is 26.9. The third-order valence-corrected chi connectivity index (χ3v) is 8.58. The molecule has 3 N–H and O–H groups in total. The van der Waals surface area contributed by atoms with Crippen LogP contribution in [0.1, 0.15) is 15.9 Å². The first-order chi connectivity index (χ1) is 21.3. The number of benzene rings is 4. The van der Waals surface area contributed by atoms with Crippen LogP contribution in [0.25, 0.3) is 17.3 Å². The van der Waals surface area contributed by atoms with Gasteiger partial charge < -0.3 is 16.0 Å². The van der Waals surface area contributed by atoms with Crippen LogP contribution >= 0.6 is 50.6 Å². The van der Waals surface area contributed by atoms with Gasteiger partial charge in [0.25, 0.3) is 11.8 Å². The van der Waals surface area contributed by atoms with Gasteiger partial charge in [-0.3, -0.25) is 14.4 Å². The molecule has 44 heavy (non-hydrogen) atoms. The lowest BCUT2D eigenvalue weighted by Gasteiger charge is -2.12. The van der Waals surface area contributed by atoms with Crippen molar-refractivity contribution < 1.29 is 14.4 Å². The maximum atomic E-state index is 13.3. The van der Waals surface area contributed by atoms with Crippen molar-refractivity contribution in [2.45, 2.75) is 4.90 Å². The molecule has 11 heteroatoms. The lowest BCUT2D eigenvalue weighted by atomic mass is 10.1. The smallest absolute Gasteiger partial charge is 0.272 e. The van der Waals surface area contributed by atoms with Gasteiger partial charge in [0.05, 0.1) is 11.4 Å². The molecule has 0 fully saturated rings. The maximum Gasteiger partial charge on any atom is 0.272 e. The number of halogens is 2. The minimum atomic E-state index is -0.476. The van der Waals surface area contributed by atoms with Crippen LogP contribution in [0.4, 0.5) is 10.8 Å². The Morgan fingerprint density at radius 1 is 0.886 bits per heavy atom. The summed E-state index contributed by atoms with van der Waals surface area (Å²) in [5, 5.41) is 11.5. The summed E-state index contributed by atoms with van der Waals surface area (Å²) in [5.74, 6) is -0.866. The molecular weight excluding hydrogens is 680 g/mol. The molecule has 3 amide bonds. The van der Waals surface area contributed by atoms with Crippen molar-refractivity contribution in [3.63, 3.8) is 0 Å². The second-order valence-corrected chi connectivity index (χ2v) is 12.6. The van der Waals surface area contributed by atoms with E-state index in [1.165, 1.54) is 23.1 Å². The predicted octanol–water partition coefficient (Wildman–Crippen LogP) is 8.37. The van der Waals surface area contributed by atoms with E-state index in [2.05, 4.69) is 36.9 Å². The fourth-order valence-electron chi connectivity index (χ4n) is 3.93. The third-order valence-electron chi connectivity index (χ3n) is 6.06. The number of thioether (sulfide) groups is 1. The quantitative estimate of drug-likeness (QED) is 0.100. The topological polar surface area (TPSA) is 100 Å². The summed E-state index contributed by atoms with van der Waals surface area (Å²) >= 11 is 12.1. The van der Waals surface area contributed by atoms with Crippen molar-refractivity contribution in [2.24, 2.45) is 0 Å². The van der Waals surface area contributed by atoms with Crippen molar-refractivity contribution in [3.05, 3.63) is 135 Å². The molecule has 0 spiro atoms. The molecule has 5 aromatic rings. The van der Waals surface area contributed by atoms with Gasteiger partial charge in [-0.1, -0.05) is 70.0 Å². The lowest BCUT2D eigenvalue weighted by Crippen LogP contribution is -2.30. The van der Waals surface area contributed by atoms with Crippen molar-refractivity contribution >= 4 is 85.2 Å². The Labute approximate surface area is 275 Å². The summed E-state index contributed by atoms with van der Waals surface area (Å²) in [5.41, 5.74) is 3.48. The van der Waals surface area contributed by atoms with E-state index in [1.54, 1.807) is 54.6 Å². The van der Waals surface area contributed by atoms with E-state index in [1.807, 2.05) is 60.0 Å². The number of amides is 3. The standard InChI is InChI=1S/C33H24BrClN4O3S2/c34-24-8-4-5-21(17-24)18-28(37-31(41)23-6-2-1-3-7-23)32(42)36-26-13-15-27(16-14-26)43-20-30(40)39-33-38-29(19-44-33)22-9-11-25(35)12-10-22/h1-19H,20H2,(H,36,42)(H,37,41)(H,38,39,40)/b28-18-. The lowest BCUT2D eigenvalue weighted by molar-refractivity contribution is -0.114. The molecule has 1 aromatic heterocycles. The van der Waals surface area contributed by atoms with Crippen molar-refractivity contribution in [1.82, 2.24) is 10.3 Å². The van der Waals surface area contributed by atoms with Gasteiger partial charge in [-0.25, -0.2) is 4.98 Å². The molecular formula is C33H24BrClN4O3S2. The van der Waals surface area contributed by atoms with Gasteiger partial charge in [-0.2, -0.15) is 0 Å². The van der Waals surface area contributed by atoms with E-state index in [9.17, 15) is 14.4 Å². The first-order valence-electron chi connectivity index (χ1n) is 13.2. The van der Waals surface area contributed by atoms with E-state index in [0.29, 0.717) is 21.4 Å². The number of thiazole rings is 1. The van der Waals surface area contributed by atoms with Crippen LogP contribution in [0.5, 0.6) is 0 Å². The second-order valence-electron chi connectivity index (χ2n) is 9.29. The molecule has 0 saturated carbocycles. The highest BCUT2D eigenvalue weighted by Gasteiger charge is 2.16. The molecule has 7 nitrogen and oxygen atoms in total. The Kier molecular flexibility index (Phi) is 10.6. The molecule has 0 radical (unpaired) electrons. The van der Waals surface area contributed by atoms with E-state index in [4.69, 9.17) is 11.6 Å². The minimum absolute atomic E-state index is 0.0912. The van der Waals surface area contributed by atoms with Gasteiger partial charge in [0.1, 0.15) is 5.70 Å². The SMILES string of the molecule is O=C(CSc1ccc(NC(=O)/C(=C/c2cccc(Br)c2)NC(=O)c2ccccc2)cc1)Nc1nc(-c2ccc(Cl)cc2)cs1. The van der Waals surface area contributed by atoms with E-state index in [-0.39, 0.29) is 17.4 Å². The van der Waals surface area contributed by atoms with Crippen molar-refractivity contribution in [3.8, 4) is 11.3 Å². The summed E-state index contributed by atoms with van der Waals surface area (Å²) in [6.45, 7) is 0. The fourth-order valence-corrected chi connectivity index (χ4v) is 5.90. The predicted molar refractivity (Wildman–Crippen MR) is 183 cm³/mol. The number of rotatable bonds is 10. The highest BCUT2D eigenvalue weighted by atomic mass is 79.9. The molecule has 5 rings (SSSR count). The van der Waals surface area contributed by atoms with Gasteiger partial charge in [0, 0.05) is 36.6 Å². The molecule has 1 heterocycles. The van der Waals surface area contributed by atoms with Crippen LogP contribution < -0.4 is 16.0 Å². The Hall–Kier alpha value is -4.22. The van der Waals surface area contributed by atoms with Gasteiger partial charge in [-0.05, 0) is 72.3 Å². The van der Waals surface area contributed by atoms with Crippen LogP contribution in [0.15, 0.2) is 124 Å². The van der Waals surface area contributed by atoms with Crippen molar-refractivity contribution in [2.75, 3.05) is 16.4 Å². The number of aromatic nitrogens is 1. The molecule has 0 aliphatic carbocycles. The zero-order chi connectivity index (χ0) is 30.9. The van der Waals surface area contributed by atoms with E-state index < -0.39 is 11.8 Å². The first kappa shape index (κ1) is 31.2. The number of nitrogens with one attached hydrogen (secondary N) is 3. The Bertz CT molecular complexity index is 1810. The maximum absolute atomic E-state index is 13.3. The summed E-state index contributed by atoms with van der Waals surface area (Å²) in [6, 6.07) is 30.6. The number of anilines is 2. The third kappa shape index (κ3) is 8.90. The molecule has 0 unspecified atom stereocenters. The van der Waals surface area contributed by atoms with Gasteiger partial charge in [0.15, 0.2) is 5.13 Å². The number of carbonyl (C=O) groups excluding carboxylic acids is 3. The molecule has 0 bridgehead atoms. The summed E-state index contributed by atoms with van der Waals surface area (Å²) in [4.78, 5) is 44.0. The van der Waals surface area contributed by atoms with E-state index >= 15 is 0 Å². The van der Waals surface area contributed by atoms with Crippen LogP contribution in [0, 0.1) is 0 Å². The number of hydrogen-bond donors (Lipinski definition) is 3. The minimum Gasteiger partial charge on any atom is -0.321 e. The molecule has 0 aliphatic rings. The largest absolute Gasteiger partial charge is 0.321 e. The summed E-state index contributed by atoms with van der Waals surface area (Å²) < 4.78 is 0.844. The van der Waals surface area contributed by atoms with Crippen LogP contribution in [-0.4, -0.2) is 28.5 Å². The number of hydrogen-bond acceptors (Lipinski definition) is 6. The molecule has 220 valence electrons. The van der Waals surface area contributed by atoms with Crippen LogP contribution in [0.3, 0.4) is 0 Å². The van der Waals surface area contributed by atoms with E-state index in [0.717, 1.165) is 26.2 Å². The molecule has 0 aliphatic heterocycles. The second kappa shape index (κ2) is 15.0. The zero-order valence-electron chi connectivity index (χ0n) is 22.9. The van der Waals surface area contributed by atoms with Gasteiger partial charge in [0.2, 0.25) is 5.91 Å². The van der Waals surface area contributed by atoms with Crippen molar-refractivity contribution in [1.29, 1.82) is 0 Å². The van der Waals surface area contributed by atoms with Gasteiger partial charge in [-0.15, -0.1) is 23.1 Å². The Balaban J connectivity index is 1.18. The number of nitrogens with zero attached hydrogens (tertiary/aromatic N) is 1. The Morgan fingerprint density at radius 3 is 2.36 bits per heavy atom. The monoisotopic (exact) mass is 702 g/mol. The highest BCUT2D eigenvalue weighted by Crippen LogP contribution is 2.27. The normalized spacial score (nSPS) is 11.1. The summed E-state index contributed by atoms with van der Waals surface area (Å²) in [7, 11) is 0.